The van der Waals surface area contributed by atoms with E-state index >= 15 is 0 Å². The molecular formula is C14H23N3. The molecule has 94 valence electrons. The monoisotopic (exact) mass is 233 g/mol. The first-order chi connectivity index (χ1) is 8.24. The molecule has 1 fully saturated rings. The zero-order valence-electron chi connectivity index (χ0n) is 10.7. The molecule has 3 N–H and O–H groups in total. The Bertz CT molecular complexity index is 329. The van der Waals surface area contributed by atoms with E-state index in [-0.39, 0.29) is 5.54 Å². The maximum absolute atomic E-state index is 5.97. The fraction of sp³-hybridized carbons (Fsp3) is 0.571. The molecule has 1 heterocycles. The van der Waals surface area contributed by atoms with Crippen LogP contribution in [0.15, 0.2) is 30.3 Å². The highest BCUT2D eigenvalue weighted by atomic mass is 15.1. The Labute approximate surface area is 104 Å². The first-order valence-electron chi connectivity index (χ1n) is 6.42. The van der Waals surface area contributed by atoms with Gasteiger partial charge in [0.25, 0.3) is 0 Å². The summed E-state index contributed by atoms with van der Waals surface area (Å²) in [5.41, 5.74) is 7.44. The highest BCUT2D eigenvalue weighted by Crippen LogP contribution is 2.20. The minimum Gasteiger partial charge on any atom is -0.329 e. The number of likely N-dealkylation sites (tertiary alicyclic amines) is 1. The Kier molecular flexibility index (Phi) is 4.15. The number of nitrogens with one attached hydrogen (secondary N) is 1. The first-order valence-corrected chi connectivity index (χ1v) is 6.42. The van der Waals surface area contributed by atoms with Gasteiger partial charge in [-0.1, -0.05) is 30.3 Å². The molecule has 17 heavy (non-hydrogen) atoms. The van der Waals surface area contributed by atoms with Gasteiger partial charge in [-0.05, 0) is 38.5 Å². The van der Waals surface area contributed by atoms with Gasteiger partial charge in [0.15, 0.2) is 0 Å². The summed E-state index contributed by atoms with van der Waals surface area (Å²) >= 11 is 0. The summed E-state index contributed by atoms with van der Waals surface area (Å²) in [6.07, 6.45) is 2.29. The van der Waals surface area contributed by atoms with Crippen molar-refractivity contribution in [2.45, 2.75) is 24.9 Å². The zero-order valence-corrected chi connectivity index (χ0v) is 10.7. The van der Waals surface area contributed by atoms with Crippen LogP contribution in [0.2, 0.25) is 0 Å². The lowest BCUT2D eigenvalue weighted by molar-refractivity contribution is 0.160. The van der Waals surface area contributed by atoms with Crippen molar-refractivity contribution in [1.82, 2.24) is 10.2 Å². The van der Waals surface area contributed by atoms with Crippen molar-refractivity contribution in [2.24, 2.45) is 5.73 Å². The third kappa shape index (κ3) is 3.28. The van der Waals surface area contributed by atoms with E-state index in [1.165, 1.54) is 5.56 Å². The number of hydrogen-bond acceptors (Lipinski definition) is 3. The average molecular weight is 233 g/mol. The molecule has 0 unspecified atom stereocenters. The second-order valence-electron chi connectivity index (χ2n) is 5.13. The summed E-state index contributed by atoms with van der Waals surface area (Å²) in [5.74, 6) is 0. The van der Waals surface area contributed by atoms with Crippen LogP contribution in [0.4, 0.5) is 0 Å². The van der Waals surface area contributed by atoms with Crippen molar-refractivity contribution >= 4 is 0 Å². The summed E-state index contributed by atoms with van der Waals surface area (Å²) in [4.78, 5) is 2.37. The minimum atomic E-state index is 0.141. The van der Waals surface area contributed by atoms with Crippen LogP contribution in [0.25, 0.3) is 0 Å². The van der Waals surface area contributed by atoms with Gasteiger partial charge in [-0.2, -0.15) is 0 Å². The van der Waals surface area contributed by atoms with Gasteiger partial charge < -0.3 is 16.0 Å². The van der Waals surface area contributed by atoms with Crippen molar-refractivity contribution < 1.29 is 0 Å². The molecule has 0 bridgehead atoms. The Balaban J connectivity index is 1.91. The van der Waals surface area contributed by atoms with Crippen LogP contribution in [0.5, 0.6) is 0 Å². The Morgan fingerprint density at radius 1 is 1.24 bits per heavy atom. The molecule has 1 aliphatic heterocycles. The largest absolute Gasteiger partial charge is 0.329 e. The van der Waals surface area contributed by atoms with Gasteiger partial charge in [0, 0.05) is 18.6 Å². The van der Waals surface area contributed by atoms with Crippen molar-refractivity contribution in [3.63, 3.8) is 0 Å². The molecule has 0 radical (unpaired) electrons. The summed E-state index contributed by atoms with van der Waals surface area (Å²) in [6.45, 7) is 3.92. The third-order valence-electron chi connectivity index (χ3n) is 3.85. The van der Waals surface area contributed by atoms with Crippen LogP contribution >= 0.6 is 0 Å². The molecular weight excluding hydrogens is 210 g/mol. The number of rotatable bonds is 4. The molecule has 1 aromatic carbocycles. The fourth-order valence-corrected chi connectivity index (χ4v) is 2.39. The lowest BCUT2D eigenvalue weighted by atomic mass is 9.87. The van der Waals surface area contributed by atoms with Crippen LogP contribution in [0.1, 0.15) is 18.4 Å². The number of piperidine rings is 1. The molecule has 1 aromatic rings. The molecule has 0 spiro atoms. The van der Waals surface area contributed by atoms with Gasteiger partial charge in [0.1, 0.15) is 0 Å². The maximum Gasteiger partial charge on any atom is 0.0331 e. The molecule has 3 nitrogen and oxygen atoms in total. The molecule has 1 aliphatic rings. The fourth-order valence-electron chi connectivity index (χ4n) is 2.39. The molecule has 0 aromatic heterocycles. The standard InChI is InChI=1S/C14H23N3/c1-17-9-7-14(12-15,8-10-17)16-11-13-5-3-2-4-6-13/h2-6,16H,7-12,15H2,1H3. The van der Waals surface area contributed by atoms with E-state index in [0.717, 1.165) is 39.0 Å². The normalized spacial score (nSPS) is 20.4. The van der Waals surface area contributed by atoms with Crippen molar-refractivity contribution in [2.75, 3.05) is 26.7 Å². The smallest absolute Gasteiger partial charge is 0.0331 e. The zero-order chi connectivity index (χ0) is 12.1. The van der Waals surface area contributed by atoms with Gasteiger partial charge in [0.2, 0.25) is 0 Å². The van der Waals surface area contributed by atoms with E-state index in [0.29, 0.717) is 0 Å². The highest BCUT2D eigenvalue weighted by Gasteiger charge is 2.31. The molecule has 0 amide bonds. The predicted octanol–water partition coefficient (Wildman–Crippen LogP) is 1.20. The van der Waals surface area contributed by atoms with Crippen LogP contribution in [-0.4, -0.2) is 37.1 Å². The molecule has 0 saturated carbocycles. The lowest BCUT2D eigenvalue weighted by Gasteiger charge is -2.40. The van der Waals surface area contributed by atoms with E-state index in [1.54, 1.807) is 0 Å². The van der Waals surface area contributed by atoms with Crippen LogP contribution in [0, 0.1) is 0 Å². The molecule has 0 atom stereocenters. The first kappa shape index (κ1) is 12.6. The average Bonchev–Trinajstić information content (AvgIpc) is 2.40. The topological polar surface area (TPSA) is 41.3 Å². The third-order valence-corrected chi connectivity index (χ3v) is 3.85. The summed E-state index contributed by atoms with van der Waals surface area (Å²) in [5, 5.41) is 3.67. The highest BCUT2D eigenvalue weighted by molar-refractivity contribution is 5.15. The van der Waals surface area contributed by atoms with Crippen LogP contribution in [0.3, 0.4) is 0 Å². The van der Waals surface area contributed by atoms with E-state index in [9.17, 15) is 0 Å². The molecule has 0 aliphatic carbocycles. The van der Waals surface area contributed by atoms with E-state index in [1.807, 2.05) is 0 Å². The summed E-state index contributed by atoms with van der Waals surface area (Å²) in [7, 11) is 2.18. The number of nitrogens with two attached hydrogens (primary N) is 1. The summed E-state index contributed by atoms with van der Waals surface area (Å²) in [6, 6.07) is 10.5. The minimum absolute atomic E-state index is 0.141. The molecule has 2 rings (SSSR count). The Morgan fingerprint density at radius 2 is 1.88 bits per heavy atom. The number of nitrogens with zero attached hydrogens (tertiary/aromatic N) is 1. The Hall–Kier alpha value is -0.900. The van der Waals surface area contributed by atoms with Crippen LogP contribution < -0.4 is 11.1 Å². The molecule has 1 saturated heterocycles. The quantitative estimate of drug-likeness (QED) is 0.821. The number of hydrogen-bond donors (Lipinski definition) is 2. The van der Waals surface area contributed by atoms with Crippen molar-refractivity contribution in [3.8, 4) is 0 Å². The second kappa shape index (κ2) is 5.63. The predicted molar refractivity (Wildman–Crippen MR) is 71.8 cm³/mol. The van der Waals surface area contributed by atoms with Gasteiger partial charge >= 0.3 is 0 Å². The lowest BCUT2D eigenvalue weighted by Crippen LogP contribution is -2.56. The van der Waals surface area contributed by atoms with E-state index in [2.05, 4.69) is 47.6 Å². The van der Waals surface area contributed by atoms with Gasteiger partial charge in [-0.25, -0.2) is 0 Å². The van der Waals surface area contributed by atoms with Gasteiger partial charge in [-0.3, -0.25) is 0 Å². The number of benzene rings is 1. The maximum atomic E-state index is 5.97. The van der Waals surface area contributed by atoms with Gasteiger partial charge in [-0.15, -0.1) is 0 Å². The summed E-state index contributed by atoms with van der Waals surface area (Å²) < 4.78 is 0. The second-order valence-corrected chi connectivity index (χ2v) is 5.13. The van der Waals surface area contributed by atoms with Crippen molar-refractivity contribution in [1.29, 1.82) is 0 Å². The van der Waals surface area contributed by atoms with Crippen LogP contribution in [-0.2, 0) is 6.54 Å². The Morgan fingerprint density at radius 3 is 2.47 bits per heavy atom. The SMILES string of the molecule is CN1CCC(CN)(NCc2ccccc2)CC1. The van der Waals surface area contributed by atoms with Gasteiger partial charge in [0.05, 0.1) is 0 Å². The van der Waals surface area contributed by atoms with Crippen molar-refractivity contribution in [3.05, 3.63) is 35.9 Å². The van der Waals surface area contributed by atoms with E-state index in [4.69, 9.17) is 5.73 Å². The molecule has 3 heteroatoms. The van der Waals surface area contributed by atoms with E-state index < -0.39 is 0 Å².